The normalized spacial score (nSPS) is 16.5. The van der Waals surface area contributed by atoms with E-state index in [0.29, 0.717) is 23.8 Å². The van der Waals surface area contributed by atoms with Gasteiger partial charge in [0.1, 0.15) is 0 Å². The molecule has 1 N–H and O–H groups in total. The second kappa shape index (κ2) is 7.25. The van der Waals surface area contributed by atoms with Crippen LogP contribution in [0.5, 0.6) is 0 Å². The zero-order valence-corrected chi connectivity index (χ0v) is 12.7. The van der Waals surface area contributed by atoms with E-state index in [0.717, 1.165) is 12.8 Å². The minimum atomic E-state index is -0.401. The number of carbonyl (C=O) groups is 2. The Balaban J connectivity index is 2.08. The monoisotopic (exact) mass is 289 g/mol. The average Bonchev–Trinajstić information content (AvgIpc) is 3.01. The van der Waals surface area contributed by atoms with E-state index in [1.807, 2.05) is 6.92 Å². The van der Waals surface area contributed by atoms with Gasteiger partial charge in [-0.2, -0.15) is 0 Å². The van der Waals surface area contributed by atoms with Gasteiger partial charge >= 0.3 is 5.97 Å². The molecule has 0 saturated heterocycles. The topological polar surface area (TPSA) is 55.4 Å². The van der Waals surface area contributed by atoms with E-state index in [-0.39, 0.29) is 11.8 Å². The van der Waals surface area contributed by atoms with Crippen LogP contribution in [-0.4, -0.2) is 18.5 Å². The highest BCUT2D eigenvalue weighted by Gasteiger charge is 2.27. The first kappa shape index (κ1) is 15.5. The molecular formula is C17H23NO3. The third kappa shape index (κ3) is 3.84. The van der Waals surface area contributed by atoms with Crippen LogP contribution in [0.4, 0.5) is 5.69 Å². The number of hydrogen-bond acceptors (Lipinski definition) is 3. The quantitative estimate of drug-likeness (QED) is 0.842. The minimum Gasteiger partial charge on any atom is -0.462 e. The maximum atomic E-state index is 12.4. The van der Waals surface area contributed by atoms with Gasteiger partial charge in [-0.05, 0) is 37.8 Å². The SMILES string of the molecule is CCOC(=O)c1ccccc1NC(=O)C(C)C1CCCC1. The summed E-state index contributed by atoms with van der Waals surface area (Å²) in [5.74, 6) is 0.0167. The van der Waals surface area contributed by atoms with Gasteiger partial charge in [0.25, 0.3) is 0 Å². The van der Waals surface area contributed by atoms with Crippen LogP contribution in [0.3, 0.4) is 0 Å². The Kier molecular flexibility index (Phi) is 5.37. The van der Waals surface area contributed by atoms with Gasteiger partial charge in [-0.1, -0.05) is 31.9 Å². The van der Waals surface area contributed by atoms with E-state index in [1.54, 1.807) is 31.2 Å². The first-order chi connectivity index (χ1) is 10.1. The highest BCUT2D eigenvalue weighted by Crippen LogP contribution is 2.32. The Hall–Kier alpha value is -1.84. The molecule has 1 saturated carbocycles. The molecule has 0 aromatic heterocycles. The van der Waals surface area contributed by atoms with Gasteiger partial charge in [0.05, 0.1) is 17.9 Å². The van der Waals surface area contributed by atoms with Crippen molar-refractivity contribution in [1.82, 2.24) is 0 Å². The summed E-state index contributed by atoms with van der Waals surface area (Å²) in [5.41, 5.74) is 0.942. The van der Waals surface area contributed by atoms with Crippen LogP contribution in [0.25, 0.3) is 0 Å². The van der Waals surface area contributed by atoms with Crippen molar-refractivity contribution in [3.05, 3.63) is 29.8 Å². The van der Waals surface area contributed by atoms with Crippen LogP contribution in [0.2, 0.25) is 0 Å². The number of benzene rings is 1. The number of hydrogen-bond donors (Lipinski definition) is 1. The molecule has 0 spiro atoms. The average molecular weight is 289 g/mol. The predicted molar refractivity (Wildman–Crippen MR) is 82.2 cm³/mol. The highest BCUT2D eigenvalue weighted by atomic mass is 16.5. The molecule has 0 bridgehead atoms. The van der Waals surface area contributed by atoms with E-state index in [1.165, 1.54) is 12.8 Å². The second-order valence-electron chi connectivity index (χ2n) is 5.59. The standard InChI is InChI=1S/C17H23NO3/c1-3-21-17(20)14-10-6-7-11-15(14)18-16(19)12(2)13-8-4-5-9-13/h6-7,10-13H,3-5,8-9H2,1-2H3,(H,18,19). The van der Waals surface area contributed by atoms with E-state index in [2.05, 4.69) is 5.32 Å². The number of anilines is 1. The first-order valence-corrected chi connectivity index (χ1v) is 7.70. The third-order valence-corrected chi connectivity index (χ3v) is 4.20. The maximum absolute atomic E-state index is 12.4. The molecule has 0 radical (unpaired) electrons. The number of ether oxygens (including phenoxy) is 1. The molecule has 21 heavy (non-hydrogen) atoms. The number of amides is 1. The Morgan fingerprint density at radius 2 is 1.95 bits per heavy atom. The van der Waals surface area contributed by atoms with Crippen molar-refractivity contribution < 1.29 is 14.3 Å². The molecular weight excluding hydrogens is 266 g/mol. The Morgan fingerprint density at radius 1 is 1.29 bits per heavy atom. The molecule has 1 unspecified atom stereocenters. The largest absolute Gasteiger partial charge is 0.462 e. The fourth-order valence-corrected chi connectivity index (χ4v) is 2.90. The predicted octanol–water partition coefficient (Wildman–Crippen LogP) is 3.63. The van der Waals surface area contributed by atoms with Crippen LogP contribution >= 0.6 is 0 Å². The lowest BCUT2D eigenvalue weighted by Crippen LogP contribution is -2.26. The highest BCUT2D eigenvalue weighted by molar-refractivity contribution is 6.01. The number of carbonyl (C=O) groups excluding carboxylic acids is 2. The molecule has 114 valence electrons. The van der Waals surface area contributed by atoms with E-state index in [4.69, 9.17) is 4.74 Å². The zero-order valence-electron chi connectivity index (χ0n) is 12.7. The Bertz CT molecular complexity index is 507. The summed E-state index contributed by atoms with van der Waals surface area (Å²) in [7, 11) is 0. The summed E-state index contributed by atoms with van der Waals surface area (Å²) in [6, 6.07) is 6.99. The lowest BCUT2D eigenvalue weighted by Gasteiger charge is -2.19. The van der Waals surface area contributed by atoms with E-state index in [9.17, 15) is 9.59 Å². The maximum Gasteiger partial charge on any atom is 0.340 e. The molecule has 1 aliphatic rings. The second-order valence-corrected chi connectivity index (χ2v) is 5.59. The van der Waals surface area contributed by atoms with Crippen molar-refractivity contribution in [1.29, 1.82) is 0 Å². The van der Waals surface area contributed by atoms with Gasteiger partial charge in [0, 0.05) is 5.92 Å². The van der Waals surface area contributed by atoms with Gasteiger partial charge in [-0.3, -0.25) is 4.79 Å². The molecule has 4 nitrogen and oxygen atoms in total. The molecule has 1 aromatic carbocycles. The Labute approximate surface area is 125 Å². The van der Waals surface area contributed by atoms with Gasteiger partial charge in [0.2, 0.25) is 5.91 Å². The molecule has 1 atom stereocenters. The van der Waals surface area contributed by atoms with Gasteiger partial charge in [-0.25, -0.2) is 4.79 Å². The van der Waals surface area contributed by atoms with Crippen LogP contribution < -0.4 is 5.32 Å². The summed E-state index contributed by atoms with van der Waals surface area (Å²) in [5, 5.41) is 2.89. The van der Waals surface area contributed by atoms with Crippen molar-refractivity contribution in [2.45, 2.75) is 39.5 Å². The molecule has 1 aromatic rings. The third-order valence-electron chi connectivity index (χ3n) is 4.20. The summed E-state index contributed by atoms with van der Waals surface area (Å²) in [6.45, 7) is 4.05. The van der Waals surface area contributed by atoms with Crippen LogP contribution in [0, 0.1) is 11.8 Å². The smallest absolute Gasteiger partial charge is 0.340 e. The molecule has 4 heteroatoms. The molecule has 2 rings (SSSR count). The van der Waals surface area contributed by atoms with Crippen LogP contribution in [0.15, 0.2) is 24.3 Å². The van der Waals surface area contributed by atoms with Crippen molar-refractivity contribution in [3.63, 3.8) is 0 Å². The lowest BCUT2D eigenvalue weighted by molar-refractivity contribution is -0.120. The molecule has 1 amide bonds. The number of nitrogens with one attached hydrogen (secondary N) is 1. The number of para-hydroxylation sites is 1. The lowest BCUT2D eigenvalue weighted by atomic mass is 9.92. The molecule has 0 heterocycles. The van der Waals surface area contributed by atoms with Crippen molar-refractivity contribution in [3.8, 4) is 0 Å². The fourth-order valence-electron chi connectivity index (χ4n) is 2.90. The number of rotatable bonds is 5. The van der Waals surface area contributed by atoms with Crippen molar-refractivity contribution >= 4 is 17.6 Å². The Morgan fingerprint density at radius 3 is 2.62 bits per heavy atom. The van der Waals surface area contributed by atoms with Crippen molar-refractivity contribution in [2.75, 3.05) is 11.9 Å². The first-order valence-electron chi connectivity index (χ1n) is 7.70. The molecule has 0 aliphatic heterocycles. The van der Waals surface area contributed by atoms with E-state index < -0.39 is 5.97 Å². The zero-order chi connectivity index (χ0) is 15.2. The summed E-state index contributed by atoms with van der Waals surface area (Å²) in [4.78, 5) is 24.3. The van der Waals surface area contributed by atoms with Gasteiger partial charge in [0.15, 0.2) is 0 Å². The fraction of sp³-hybridized carbons (Fsp3) is 0.529. The van der Waals surface area contributed by atoms with Crippen molar-refractivity contribution in [2.24, 2.45) is 11.8 Å². The van der Waals surface area contributed by atoms with E-state index >= 15 is 0 Å². The van der Waals surface area contributed by atoms with Crippen LogP contribution in [0.1, 0.15) is 49.9 Å². The number of esters is 1. The van der Waals surface area contributed by atoms with Crippen LogP contribution in [-0.2, 0) is 9.53 Å². The summed E-state index contributed by atoms with van der Waals surface area (Å²) in [6.07, 6.45) is 4.66. The summed E-state index contributed by atoms with van der Waals surface area (Å²) < 4.78 is 5.02. The molecule has 1 fully saturated rings. The molecule has 1 aliphatic carbocycles. The minimum absolute atomic E-state index is 0.0151. The van der Waals surface area contributed by atoms with Gasteiger partial charge < -0.3 is 10.1 Å². The van der Waals surface area contributed by atoms with Gasteiger partial charge in [-0.15, -0.1) is 0 Å². The summed E-state index contributed by atoms with van der Waals surface area (Å²) >= 11 is 0.